The quantitative estimate of drug-likeness (QED) is 0.687. The molecule has 30 heavy (non-hydrogen) atoms. The molecule has 1 amide bonds. The average Bonchev–Trinajstić information content (AvgIpc) is 2.73. The van der Waals surface area contributed by atoms with Crippen LogP contribution in [0.15, 0.2) is 53.4 Å². The SMILES string of the molecule is Cc1ccc(C(=O)CCC(=O)NC2CCN(S(=O)(=O)c3ccc(C)cc3)CC2)cc1. The number of piperidine rings is 1. The summed E-state index contributed by atoms with van der Waals surface area (Å²) in [6.07, 6.45) is 1.41. The van der Waals surface area contributed by atoms with Gasteiger partial charge in [0.05, 0.1) is 4.90 Å². The minimum Gasteiger partial charge on any atom is -0.353 e. The van der Waals surface area contributed by atoms with E-state index in [9.17, 15) is 18.0 Å². The summed E-state index contributed by atoms with van der Waals surface area (Å²) < 4.78 is 27.0. The van der Waals surface area contributed by atoms with Crippen LogP contribution in [0.5, 0.6) is 0 Å². The third kappa shape index (κ3) is 5.55. The Morgan fingerprint density at radius 1 is 0.900 bits per heavy atom. The van der Waals surface area contributed by atoms with Gasteiger partial charge in [-0.1, -0.05) is 47.5 Å². The van der Waals surface area contributed by atoms with Crippen LogP contribution in [0.2, 0.25) is 0 Å². The molecule has 1 aliphatic rings. The predicted molar refractivity (Wildman–Crippen MR) is 116 cm³/mol. The maximum Gasteiger partial charge on any atom is 0.243 e. The molecular formula is C23H28N2O4S. The molecule has 2 aromatic rings. The van der Waals surface area contributed by atoms with Gasteiger partial charge in [0.2, 0.25) is 15.9 Å². The maximum absolute atomic E-state index is 12.8. The number of sulfonamides is 1. The molecule has 1 saturated heterocycles. The summed E-state index contributed by atoms with van der Waals surface area (Å²) in [5.41, 5.74) is 2.71. The second kappa shape index (κ2) is 9.53. The molecule has 1 N–H and O–H groups in total. The molecule has 1 aliphatic heterocycles. The first-order valence-electron chi connectivity index (χ1n) is 10.2. The zero-order valence-electron chi connectivity index (χ0n) is 17.4. The molecular weight excluding hydrogens is 400 g/mol. The summed E-state index contributed by atoms with van der Waals surface area (Å²) in [6.45, 7) is 4.60. The summed E-state index contributed by atoms with van der Waals surface area (Å²) >= 11 is 0. The van der Waals surface area contributed by atoms with E-state index in [1.54, 1.807) is 36.4 Å². The van der Waals surface area contributed by atoms with Gasteiger partial charge < -0.3 is 5.32 Å². The van der Waals surface area contributed by atoms with E-state index in [2.05, 4.69) is 5.32 Å². The smallest absolute Gasteiger partial charge is 0.243 e. The summed E-state index contributed by atoms with van der Waals surface area (Å²) in [5.74, 6) is -0.223. The van der Waals surface area contributed by atoms with Gasteiger partial charge >= 0.3 is 0 Å². The first-order chi connectivity index (χ1) is 14.3. The summed E-state index contributed by atoms with van der Waals surface area (Å²) in [6, 6.07) is 14.1. The first-order valence-corrected chi connectivity index (χ1v) is 11.7. The number of amides is 1. The van der Waals surface area contributed by atoms with Gasteiger partial charge in [-0.25, -0.2) is 8.42 Å². The number of carbonyl (C=O) groups is 2. The lowest BCUT2D eigenvalue weighted by Crippen LogP contribution is -2.46. The number of aryl methyl sites for hydroxylation is 2. The molecule has 3 rings (SSSR count). The Kier molecular flexibility index (Phi) is 7.05. The van der Waals surface area contributed by atoms with E-state index in [0.717, 1.165) is 11.1 Å². The number of nitrogens with zero attached hydrogens (tertiary/aromatic N) is 1. The third-order valence-corrected chi connectivity index (χ3v) is 7.34. The van der Waals surface area contributed by atoms with E-state index in [0.29, 0.717) is 36.4 Å². The van der Waals surface area contributed by atoms with Crippen molar-refractivity contribution in [3.8, 4) is 0 Å². The Labute approximate surface area is 178 Å². The summed E-state index contributed by atoms with van der Waals surface area (Å²) in [5, 5.41) is 2.94. The van der Waals surface area contributed by atoms with E-state index < -0.39 is 10.0 Å². The second-order valence-corrected chi connectivity index (χ2v) is 9.79. The largest absolute Gasteiger partial charge is 0.353 e. The summed E-state index contributed by atoms with van der Waals surface area (Å²) in [4.78, 5) is 24.7. The average molecular weight is 429 g/mol. The molecule has 1 heterocycles. The van der Waals surface area contributed by atoms with E-state index in [4.69, 9.17) is 0 Å². The van der Waals surface area contributed by atoms with Gasteiger partial charge in [-0.2, -0.15) is 4.31 Å². The zero-order chi connectivity index (χ0) is 21.7. The van der Waals surface area contributed by atoms with Gasteiger partial charge in [-0.15, -0.1) is 0 Å². The number of hydrogen-bond acceptors (Lipinski definition) is 4. The zero-order valence-corrected chi connectivity index (χ0v) is 18.2. The van der Waals surface area contributed by atoms with Crippen molar-refractivity contribution in [3.63, 3.8) is 0 Å². The highest BCUT2D eigenvalue weighted by Crippen LogP contribution is 2.21. The fraction of sp³-hybridized carbons (Fsp3) is 0.391. The van der Waals surface area contributed by atoms with Crippen LogP contribution in [0.1, 0.15) is 47.2 Å². The second-order valence-electron chi connectivity index (χ2n) is 7.85. The van der Waals surface area contributed by atoms with E-state index in [-0.39, 0.29) is 30.6 Å². The van der Waals surface area contributed by atoms with Crippen LogP contribution in [0.4, 0.5) is 0 Å². The first kappa shape index (κ1) is 22.2. The number of hydrogen-bond donors (Lipinski definition) is 1. The Balaban J connectivity index is 1.46. The molecule has 0 unspecified atom stereocenters. The van der Waals surface area contributed by atoms with Gasteiger partial charge in [0.25, 0.3) is 0 Å². The number of Topliss-reactive ketones (excluding diaryl/α,β-unsaturated/α-hetero) is 1. The van der Waals surface area contributed by atoms with Gasteiger partial charge in [-0.05, 0) is 38.8 Å². The van der Waals surface area contributed by atoms with Crippen molar-refractivity contribution in [1.82, 2.24) is 9.62 Å². The lowest BCUT2D eigenvalue weighted by Gasteiger charge is -2.31. The molecule has 160 valence electrons. The summed E-state index contributed by atoms with van der Waals surface area (Å²) in [7, 11) is -3.51. The predicted octanol–water partition coefficient (Wildman–Crippen LogP) is 3.24. The van der Waals surface area contributed by atoms with Crippen molar-refractivity contribution in [2.45, 2.75) is 50.5 Å². The van der Waals surface area contributed by atoms with Crippen LogP contribution >= 0.6 is 0 Å². The minimum atomic E-state index is -3.51. The number of benzene rings is 2. The van der Waals surface area contributed by atoms with Gasteiger partial charge in [0, 0.05) is 37.5 Å². The monoisotopic (exact) mass is 428 g/mol. The fourth-order valence-corrected chi connectivity index (χ4v) is 4.98. The van der Waals surface area contributed by atoms with E-state index in [1.807, 2.05) is 26.0 Å². The van der Waals surface area contributed by atoms with Gasteiger partial charge in [0.15, 0.2) is 5.78 Å². The molecule has 0 aromatic heterocycles. The Morgan fingerprint density at radius 3 is 2.00 bits per heavy atom. The number of rotatable bonds is 7. The number of carbonyl (C=O) groups excluding carboxylic acids is 2. The van der Waals surface area contributed by atoms with Crippen molar-refractivity contribution in [1.29, 1.82) is 0 Å². The Morgan fingerprint density at radius 2 is 1.43 bits per heavy atom. The molecule has 0 saturated carbocycles. The lowest BCUT2D eigenvalue weighted by molar-refractivity contribution is -0.122. The molecule has 6 nitrogen and oxygen atoms in total. The van der Waals surface area contributed by atoms with Crippen molar-refractivity contribution in [3.05, 3.63) is 65.2 Å². The van der Waals surface area contributed by atoms with E-state index >= 15 is 0 Å². The highest BCUT2D eigenvalue weighted by Gasteiger charge is 2.29. The normalized spacial score (nSPS) is 15.7. The van der Waals surface area contributed by atoms with Crippen LogP contribution in [0.25, 0.3) is 0 Å². The van der Waals surface area contributed by atoms with Gasteiger partial charge in [0.1, 0.15) is 0 Å². The van der Waals surface area contributed by atoms with Crippen molar-refractivity contribution in [2.75, 3.05) is 13.1 Å². The van der Waals surface area contributed by atoms with Crippen LogP contribution in [0, 0.1) is 13.8 Å². The molecule has 0 aliphatic carbocycles. The van der Waals surface area contributed by atoms with Crippen molar-refractivity contribution in [2.24, 2.45) is 0 Å². The highest BCUT2D eigenvalue weighted by atomic mass is 32.2. The van der Waals surface area contributed by atoms with Crippen LogP contribution in [-0.4, -0.2) is 43.5 Å². The molecule has 1 fully saturated rings. The maximum atomic E-state index is 12.8. The van der Waals surface area contributed by atoms with Gasteiger partial charge in [-0.3, -0.25) is 9.59 Å². The topological polar surface area (TPSA) is 83.6 Å². The van der Waals surface area contributed by atoms with Crippen LogP contribution < -0.4 is 5.32 Å². The molecule has 7 heteroatoms. The van der Waals surface area contributed by atoms with Crippen LogP contribution in [-0.2, 0) is 14.8 Å². The molecule has 0 radical (unpaired) electrons. The number of nitrogens with one attached hydrogen (secondary N) is 1. The Hall–Kier alpha value is -2.51. The number of ketones is 1. The molecule has 2 aromatic carbocycles. The fourth-order valence-electron chi connectivity index (χ4n) is 3.51. The lowest BCUT2D eigenvalue weighted by atomic mass is 10.0. The van der Waals surface area contributed by atoms with Crippen molar-refractivity contribution >= 4 is 21.7 Å². The third-order valence-electron chi connectivity index (χ3n) is 5.43. The Bertz CT molecular complexity index is 991. The van der Waals surface area contributed by atoms with Crippen molar-refractivity contribution < 1.29 is 18.0 Å². The molecule has 0 atom stereocenters. The molecule has 0 spiro atoms. The van der Waals surface area contributed by atoms with E-state index in [1.165, 1.54) is 4.31 Å². The highest BCUT2D eigenvalue weighted by molar-refractivity contribution is 7.89. The molecule has 0 bridgehead atoms. The minimum absolute atomic E-state index is 0.0517. The standard InChI is InChI=1S/C23H28N2O4S/c1-17-3-7-19(8-4-17)22(26)11-12-23(27)24-20-13-15-25(16-14-20)30(28,29)21-9-5-18(2)6-10-21/h3-10,20H,11-16H2,1-2H3,(H,24,27). The van der Waals surface area contributed by atoms with Crippen LogP contribution in [0.3, 0.4) is 0 Å².